The molecule has 1 fully saturated rings. The zero-order chi connectivity index (χ0) is 15.1. The normalized spacial score (nSPS) is 18.2. The van der Waals surface area contributed by atoms with Crippen LogP contribution < -0.4 is 21.9 Å². The van der Waals surface area contributed by atoms with Gasteiger partial charge in [0, 0.05) is 33.1 Å². The number of carbonyl (C=O) groups is 1. The number of nitrogens with zero attached hydrogens (tertiary/aromatic N) is 3. The van der Waals surface area contributed by atoms with Gasteiger partial charge in [-0.05, 0) is 6.42 Å². The van der Waals surface area contributed by atoms with Crippen LogP contribution in [0.1, 0.15) is 12.8 Å². The van der Waals surface area contributed by atoms with E-state index in [1.165, 1.54) is 11.6 Å². The van der Waals surface area contributed by atoms with Crippen molar-refractivity contribution in [2.24, 2.45) is 14.1 Å². The fourth-order valence-corrected chi connectivity index (χ4v) is 2.46. The van der Waals surface area contributed by atoms with E-state index in [4.69, 9.17) is 0 Å². The molecule has 0 spiro atoms. The standard InChI is InChI=1S/C12H16N6O3/c1-17-9-8(10(20)18(2)12(17)21)15-11(16-9)13-5-6-3-4-7(19)14-6/h6H,3-5H2,1-2H3,(H,14,19)(H2,13,15,16). The van der Waals surface area contributed by atoms with Crippen molar-refractivity contribution < 1.29 is 4.79 Å². The molecule has 1 unspecified atom stereocenters. The highest BCUT2D eigenvalue weighted by Crippen LogP contribution is 2.10. The number of anilines is 1. The Hall–Kier alpha value is -2.58. The summed E-state index contributed by atoms with van der Waals surface area (Å²) in [5, 5.41) is 5.88. The Morgan fingerprint density at radius 1 is 1.29 bits per heavy atom. The summed E-state index contributed by atoms with van der Waals surface area (Å²) in [6, 6.07) is 0.0531. The summed E-state index contributed by atoms with van der Waals surface area (Å²) in [6.45, 7) is 0.514. The van der Waals surface area contributed by atoms with Gasteiger partial charge in [-0.1, -0.05) is 0 Å². The minimum Gasteiger partial charge on any atom is -0.354 e. The molecule has 1 saturated heterocycles. The second-order valence-electron chi connectivity index (χ2n) is 5.17. The Kier molecular flexibility index (Phi) is 3.04. The third-order valence-corrected chi connectivity index (χ3v) is 3.70. The van der Waals surface area contributed by atoms with Crippen LogP contribution >= 0.6 is 0 Å². The molecular weight excluding hydrogens is 276 g/mol. The van der Waals surface area contributed by atoms with Crippen molar-refractivity contribution in [1.29, 1.82) is 0 Å². The van der Waals surface area contributed by atoms with Crippen molar-refractivity contribution in [2.75, 3.05) is 11.9 Å². The van der Waals surface area contributed by atoms with E-state index in [0.717, 1.165) is 11.0 Å². The molecule has 9 heteroatoms. The summed E-state index contributed by atoms with van der Waals surface area (Å²) in [6.07, 6.45) is 1.30. The predicted octanol–water partition coefficient (Wildman–Crippen LogP) is -1.35. The van der Waals surface area contributed by atoms with Crippen LogP contribution in [0.15, 0.2) is 9.59 Å². The molecule has 1 aliphatic heterocycles. The SMILES string of the molecule is Cn1c(=O)c2[nH]c(NCC3CCC(=O)N3)nc2n(C)c1=O. The van der Waals surface area contributed by atoms with Crippen molar-refractivity contribution in [1.82, 2.24) is 24.4 Å². The van der Waals surface area contributed by atoms with E-state index in [-0.39, 0.29) is 17.5 Å². The molecule has 2 aromatic rings. The smallest absolute Gasteiger partial charge is 0.332 e. The first-order chi connectivity index (χ1) is 9.97. The molecule has 3 N–H and O–H groups in total. The van der Waals surface area contributed by atoms with E-state index in [1.807, 2.05) is 0 Å². The van der Waals surface area contributed by atoms with E-state index in [0.29, 0.717) is 24.6 Å². The number of carbonyl (C=O) groups excluding carboxylic acids is 1. The number of fused-ring (bicyclic) bond motifs is 1. The molecule has 1 amide bonds. The summed E-state index contributed by atoms with van der Waals surface area (Å²) < 4.78 is 2.34. The molecule has 21 heavy (non-hydrogen) atoms. The van der Waals surface area contributed by atoms with E-state index in [2.05, 4.69) is 20.6 Å². The Balaban J connectivity index is 1.89. The number of aromatic nitrogens is 4. The Morgan fingerprint density at radius 2 is 2.05 bits per heavy atom. The van der Waals surface area contributed by atoms with Crippen molar-refractivity contribution in [3.05, 3.63) is 20.8 Å². The maximum atomic E-state index is 12.0. The first-order valence-electron chi connectivity index (χ1n) is 6.66. The molecule has 1 atom stereocenters. The third-order valence-electron chi connectivity index (χ3n) is 3.70. The van der Waals surface area contributed by atoms with Crippen molar-refractivity contribution in [2.45, 2.75) is 18.9 Å². The van der Waals surface area contributed by atoms with Crippen molar-refractivity contribution in [3.63, 3.8) is 0 Å². The molecular formula is C12H16N6O3. The fraction of sp³-hybridized carbons (Fsp3) is 0.500. The third kappa shape index (κ3) is 2.20. The monoisotopic (exact) mass is 292 g/mol. The van der Waals surface area contributed by atoms with Gasteiger partial charge in [0.1, 0.15) is 0 Å². The summed E-state index contributed by atoms with van der Waals surface area (Å²) in [4.78, 5) is 42.1. The zero-order valence-corrected chi connectivity index (χ0v) is 11.8. The first kappa shape index (κ1) is 13.4. The molecule has 0 radical (unpaired) electrons. The lowest BCUT2D eigenvalue weighted by Gasteiger charge is -2.09. The minimum absolute atomic E-state index is 0.0441. The molecule has 9 nitrogen and oxygen atoms in total. The van der Waals surface area contributed by atoms with Crippen LogP contribution in [-0.2, 0) is 18.9 Å². The number of hydrogen-bond acceptors (Lipinski definition) is 5. The van der Waals surface area contributed by atoms with Gasteiger partial charge in [0.2, 0.25) is 11.9 Å². The Labute approximate surface area is 119 Å². The number of aromatic amines is 1. The molecule has 3 rings (SSSR count). The molecule has 3 heterocycles. The van der Waals surface area contributed by atoms with Gasteiger partial charge in [0.15, 0.2) is 11.2 Å². The van der Waals surface area contributed by atoms with Crippen molar-refractivity contribution in [3.8, 4) is 0 Å². The summed E-state index contributed by atoms with van der Waals surface area (Å²) >= 11 is 0. The van der Waals surface area contributed by atoms with E-state index < -0.39 is 11.2 Å². The van der Waals surface area contributed by atoms with Crippen LogP contribution in [0.3, 0.4) is 0 Å². The molecule has 112 valence electrons. The van der Waals surface area contributed by atoms with Gasteiger partial charge in [0.25, 0.3) is 5.56 Å². The quantitative estimate of drug-likeness (QED) is 0.647. The number of nitrogens with one attached hydrogen (secondary N) is 3. The fourth-order valence-electron chi connectivity index (χ4n) is 2.46. The zero-order valence-electron chi connectivity index (χ0n) is 11.8. The Bertz CT molecular complexity index is 830. The Morgan fingerprint density at radius 3 is 2.71 bits per heavy atom. The predicted molar refractivity (Wildman–Crippen MR) is 76.2 cm³/mol. The van der Waals surface area contributed by atoms with E-state index in [1.54, 1.807) is 7.05 Å². The van der Waals surface area contributed by atoms with Gasteiger partial charge in [-0.3, -0.25) is 18.7 Å². The van der Waals surface area contributed by atoms with Gasteiger partial charge in [0.05, 0.1) is 0 Å². The lowest BCUT2D eigenvalue weighted by molar-refractivity contribution is -0.119. The first-order valence-corrected chi connectivity index (χ1v) is 6.66. The average Bonchev–Trinajstić information content (AvgIpc) is 3.07. The highest BCUT2D eigenvalue weighted by molar-refractivity contribution is 5.78. The van der Waals surface area contributed by atoms with E-state index in [9.17, 15) is 14.4 Å². The van der Waals surface area contributed by atoms with Crippen LogP contribution in [0.4, 0.5) is 5.95 Å². The molecule has 0 aliphatic carbocycles. The maximum absolute atomic E-state index is 12.0. The number of aryl methyl sites for hydroxylation is 1. The van der Waals surface area contributed by atoms with Gasteiger partial charge in [-0.2, -0.15) is 4.98 Å². The van der Waals surface area contributed by atoms with Gasteiger partial charge < -0.3 is 15.6 Å². The molecule has 0 saturated carbocycles. The summed E-state index contributed by atoms with van der Waals surface area (Å²) in [5.41, 5.74) is -0.255. The van der Waals surface area contributed by atoms with Gasteiger partial charge in [-0.25, -0.2) is 4.79 Å². The second kappa shape index (κ2) is 4.76. The van der Waals surface area contributed by atoms with Crippen molar-refractivity contribution >= 4 is 23.0 Å². The van der Waals surface area contributed by atoms with Gasteiger partial charge >= 0.3 is 5.69 Å². The number of imidazole rings is 1. The number of rotatable bonds is 3. The summed E-state index contributed by atoms with van der Waals surface area (Å²) in [7, 11) is 2.98. The van der Waals surface area contributed by atoms with Crippen LogP contribution in [0, 0.1) is 0 Å². The molecule has 1 aliphatic rings. The molecule has 2 aromatic heterocycles. The van der Waals surface area contributed by atoms with Crippen LogP contribution in [0.25, 0.3) is 11.2 Å². The lowest BCUT2D eigenvalue weighted by Crippen LogP contribution is -2.36. The average molecular weight is 292 g/mol. The number of hydrogen-bond donors (Lipinski definition) is 3. The summed E-state index contributed by atoms with van der Waals surface area (Å²) in [5.74, 6) is 0.451. The number of amides is 1. The second-order valence-corrected chi connectivity index (χ2v) is 5.17. The van der Waals surface area contributed by atoms with E-state index >= 15 is 0 Å². The van der Waals surface area contributed by atoms with Gasteiger partial charge in [-0.15, -0.1) is 0 Å². The highest BCUT2D eigenvalue weighted by Gasteiger charge is 2.21. The number of H-pyrrole nitrogens is 1. The van der Waals surface area contributed by atoms with Crippen LogP contribution in [-0.4, -0.2) is 37.6 Å². The lowest BCUT2D eigenvalue weighted by atomic mass is 10.2. The molecule has 0 aromatic carbocycles. The topological polar surface area (TPSA) is 114 Å². The maximum Gasteiger partial charge on any atom is 0.332 e. The largest absolute Gasteiger partial charge is 0.354 e. The minimum atomic E-state index is -0.423. The van der Waals surface area contributed by atoms with Crippen LogP contribution in [0.5, 0.6) is 0 Å². The molecule has 0 bridgehead atoms. The van der Waals surface area contributed by atoms with Crippen LogP contribution in [0.2, 0.25) is 0 Å². The highest BCUT2D eigenvalue weighted by atomic mass is 16.2.